The van der Waals surface area contributed by atoms with Crippen molar-refractivity contribution in [1.29, 1.82) is 0 Å². The third-order valence-corrected chi connectivity index (χ3v) is 3.59. The van der Waals surface area contributed by atoms with Gasteiger partial charge in [-0.2, -0.15) is 0 Å². The Morgan fingerprint density at radius 2 is 1.61 bits per heavy atom. The van der Waals surface area contributed by atoms with Gasteiger partial charge in [0.15, 0.2) is 0 Å². The molecule has 0 aliphatic heterocycles. The standard InChI is InChI=1S/C16H21NO/c1-10(2)16(18)15(17)14-9-8-11(3)12-6-4-5-7-13(12)14/h4-10,15-16,18H,17H2,1-3H3/t15-,16+/m0/s1. The summed E-state index contributed by atoms with van der Waals surface area (Å²) in [4.78, 5) is 0. The molecule has 2 heteroatoms. The van der Waals surface area contributed by atoms with Crippen molar-refractivity contribution in [2.24, 2.45) is 11.7 Å². The molecule has 2 aromatic carbocycles. The second-order valence-corrected chi connectivity index (χ2v) is 5.28. The van der Waals surface area contributed by atoms with Crippen LogP contribution in [0.5, 0.6) is 0 Å². The molecule has 0 aliphatic carbocycles. The van der Waals surface area contributed by atoms with E-state index in [2.05, 4.69) is 25.1 Å². The van der Waals surface area contributed by atoms with Crippen LogP contribution in [0.2, 0.25) is 0 Å². The smallest absolute Gasteiger partial charge is 0.0755 e. The maximum atomic E-state index is 10.2. The summed E-state index contributed by atoms with van der Waals surface area (Å²) in [5.41, 5.74) is 8.47. The van der Waals surface area contributed by atoms with Gasteiger partial charge in [0.05, 0.1) is 12.1 Å². The second kappa shape index (κ2) is 5.09. The van der Waals surface area contributed by atoms with Crippen molar-refractivity contribution in [1.82, 2.24) is 0 Å². The van der Waals surface area contributed by atoms with Crippen LogP contribution >= 0.6 is 0 Å². The summed E-state index contributed by atoms with van der Waals surface area (Å²) < 4.78 is 0. The highest BCUT2D eigenvalue weighted by atomic mass is 16.3. The largest absolute Gasteiger partial charge is 0.391 e. The molecule has 0 heterocycles. The van der Waals surface area contributed by atoms with E-state index < -0.39 is 6.10 Å². The fourth-order valence-corrected chi connectivity index (χ4v) is 2.36. The number of hydrogen-bond acceptors (Lipinski definition) is 2. The zero-order valence-electron chi connectivity index (χ0n) is 11.2. The molecular formula is C16H21NO. The molecule has 0 aliphatic rings. The van der Waals surface area contributed by atoms with Crippen LogP contribution in [0.15, 0.2) is 36.4 Å². The van der Waals surface area contributed by atoms with Gasteiger partial charge in [-0.1, -0.05) is 50.2 Å². The average Bonchev–Trinajstić information content (AvgIpc) is 2.38. The number of rotatable bonds is 3. The molecule has 0 aromatic heterocycles. The van der Waals surface area contributed by atoms with Crippen LogP contribution in [0.4, 0.5) is 0 Å². The Labute approximate surface area is 108 Å². The minimum absolute atomic E-state index is 0.153. The number of aliphatic hydroxyl groups excluding tert-OH is 1. The van der Waals surface area contributed by atoms with Crippen LogP contribution in [-0.2, 0) is 0 Å². The average molecular weight is 243 g/mol. The summed E-state index contributed by atoms with van der Waals surface area (Å²) in [6.07, 6.45) is -0.517. The molecule has 0 saturated carbocycles. The molecule has 96 valence electrons. The minimum atomic E-state index is -0.517. The van der Waals surface area contributed by atoms with Gasteiger partial charge in [-0.05, 0) is 34.7 Å². The van der Waals surface area contributed by atoms with E-state index in [1.54, 1.807) is 0 Å². The van der Waals surface area contributed by atoms with Crippen molar-refractivity contribution in [3.05, 3.63) is 47.5 Å². The fraction of sp³-hybridized carbons (Fsp3) is 0.375. The predicted molar refractivity (Wildman–Crippen MR) is 76.5 cm³/mol. The zero-order chi connectivity index (χ0) is 13.3. The first-order chi connectivity index (χ1) is 8.52. The van der Waals surface area contributed by atoms with E-state index in [0.29, 0.717) is 0 Å². The number of nitrogens with two attached hydrogens (primary N) is 1. The zero-order valence-corrected chi connectivity index (χ0v) is 11.2. The Balaban J connectivity index is 2.55. The Morgan fingerprint density at radius 3 is 2.22 bits per heavy atom. The third-order valence-electron chi connectivity index (χ3n) is 3.59. The molecule has 0 spiro atoms. The molecule has 0 bridgehead atoms. The van der Waals surface area contributed by atoms with Gasteiger partial charge in [-0.25, -0.2) is 0 Å². The first-order valence-electron chi connectivity index (χ1n) is 6.44. The first kappa shape index (κ1) is 13.1. The van der Waals surface area contributed by atoms with E-state index in [0.717, 1.165) is 10.9 Å². The van der Waals surface area contributed by atoms with Gasteiger partial charge in [-0.3, -0.25) is 0 Å². The molecular weight excluding hydrogens is 222 g/mol. The lowest BCUT2D eigenvalue weighted by Gasteiger charge is -2.24. The van der Waals surface area contributed by atoms with Crippen molar-refractivity contribution in [2.75, 3.05) is 0 Å². The molecule has 2 aromatic rings. The predicted octanol–water partition coefficient (Wildman–Crippen LogP) is 3.16. The molecule has 0 unspecified atom stereocenters. The summed E-state index contributed by atoms with van der Waals surface area (Å²) in [6, 6.07) is 12.0. The van der Waals surface area contributed by atoms with E-state index in [4.69, 9.17) is 5.73 Å². The van der Waals surface area contributed by atoms with Gasteiger partial charge in [0, 0.05) is 0 Å². The summed E-state index contributed by atoms with van der Waals surface area (Å²) in [6.45, 7) is 6.07. The fourth-order valence-electron chi connectivity index (χ4n) is 2.36. The highest BCUT2D eigenvalue weighted by Crippen LogP contribution is 2.29. The molecule has 0 fully saturated rings. The molecule has 0 saturated heterocycles. The summed E-state index contributed by atoms with van der Waals surface area (Å²) in [5, 5.41) is 12.5. The van der Waals surface area contributed by atoms with Gasteiger partial charge >= 0.3 is 0 Å². The van der Waals surface area contributed by atoms with Gasteiger partial charge in [0.2, 0.25) is 0 Å². The number of hydrogen-bond donors (Lipinski definition) is 2. The Hall–Kier alpha value is -1.38. The van der Waals surface area contributed by atoms with Crippen LogP contribution in [0.25, 0.3) is 10.8 Å². The summed E-state index contributed by atoms with van der Waals surface area (Å²) >= 11 is 0. The molecule has 0 amide bonds. The van der Waals surface area contributed by atoms with Gasteiger partial charge in [-0.15, -0.1) is 0 Å². The van der Waals surface area contributed by atoms with E-state index in [1.165, 1.54) is 10.9 Å². The van der Waals surface area contributed by atoms with Gasteiger partial charge in [0.1, 0.15) is 0 Å². The summed E-state index contributed by atoms with van der Waals surface area (Å²) in [7, 11) is 0. The normalized spacial score (nSPS) is 15.0. The Kier molecular flexibility index (Phi) is 3.69. The van der Waals surface area contributed by atoms with E-state index in [1.807, 2.05) is 32.0 Å². The van der Waals surface area contributed by atoms with E-state index >= 15 is 0 Å². The topological polar surface area (TPSA) is 46.2 Å². The van der Waals surface area contributed by atoms with E-state index in [9.17, 15) is 5.11 Å². The summed E-state index contributed by atoms with van der Waals surface area (Å²) in [5.74, 6) is 0.153. The lowest BCUT2D eigenvalue weighted by Crippen LogP contribution is -2.30. The monoisotopic (exact) mass is 243 g/mol. The third kappa shape index (κ3) is 2.26. The highest BCUT2D eigenvalue weighted by molar-refractivity contribution is 5.88. The minimum Gasteiger partial charge on any atom is -0.391 e. The van der Waals surface area contributed by atoms with Crippen molar-refractivity contribution in [3.63, 3.8) is 0 Å². The lowest BCUT2D eigenvalue weighted by molar-refractivity contribution is 0.0984. The molecule has 2 atom stereocenters. The van der Waals surface area contributed by atoms with Gasteiger partial charge in [0.25, 0.3) is 0 Å². The molecule has 2 nitrogen and oxygen atoms in total. The SMILES string of the molecule is Cc1ccc([C@H](N)[C@H](O)C(C)C)c2ccccc12. The van der Waals surface area contributed by atoms with Crippen LogP contribution < -0.4 is 5.73 Å². The Morgan fingerprint density at radius 1 is 1.00 bits per heavy atom. The van der Waals surface area contributed by atoms with Crippen molar-refractivity contribution in [3.8, 4) is 0 Å². The van der Waals surface area contributed by atoms with Crippen LogP contribution in [0.3, 0.4) is 0 Å². The maximum absolute atomic E-state index is 10.2. The van der Waals surface area contributed by atoms with Crippen molar-refractivity contribution < 1.29 is 5.11 Å². The van der Waals surface area contributed by atoms with Crippen molar-refractivity contribution >= 4 is 10.8 Å². The van der Waals surface area contributed by atoms with Crippen molar-refractivity contribution in [2.45, 2.75) is 32.9 Å². The lowest BCUT2D eigenvalue weighted by atomic mass is 9.90. The molecule has 2 rings (SSSR count). The van der Waals surface area contributed by atoms with Crippen LogP contribution in [-0.4, -0.2) is 11.2 Å². The quantitative estimate of drug-likeness (QED) is 0.869. The second-order valence-electron chi connectivity index (χ2n) is 5.28. The number of aryl methyl sites for hydroxylation is 1. The first-order valence-corrected chi connectivity index (χ1v) is 6.44. The van der Waals surface area contributed by atoms with Gasteiger partial charge < -0.3 is 10.8 Å². The number of benzene rings is 2. The number of aliphatic hydroxyl groups is 1. The maximum Gasteiger partial charge on any atom is 0.0755 e. The Bertz CT molecular complexity index is 548. The molecule has 3 N–H and O–H groups in total. The number of fused-ring (bicyclic) bond motifs is 1. The molecule has 18 heavy (non-hydrogen) atoms. The van der Waals surface area contributed by atoms with Crippen LogP contribution in [0, 0.1) is 12.8 Å². The van der Waals surface area contributed by atoms with E-state index in [-0.39, 0.29) is 12.0 Å². The highest BCUT2D eigenvalue weighted by Gasteiger charge is 2.21. The molecule has 0 radical (unpaired) electrons. The van der Waals surface area contributed by atoms with Crippen LogP contribution in [0.1, 0.15) is 31.0 Å².